The van der Waals surface area contributed by atoms with Gasteiger partial charge < -0.3 is 4.74 Å². The van der Waals surface area contributed by atoms with E-state index in [9.17, 15) is 19.4 Å². The summed E-state index contributed by atoms with van der Waals surface area (Å²) in [5, 5.41) is 0. The Balaban J connectivity index is 2.54. The SMILES string of the molecule is CC1Cc2cc(S(F)(F)(F)(F)F)ccc2O1. The lowest BCUT2D eigenvalue weighted by molar-refractivity contribution is 0.254. The molecular formula is C9H9F5OS. The zero-order valence-electron chi connectivity index (χ0n) is 8.22. The quantitative estimate of drug-likeness (QED) is 0.667. The molecule has 16 heavy (non-hydrogen) atoms. The normalized spacial score (nSPS) is 24.2. The molecular weight excluding hydrogens is 251 g/mol. The molecule has 1 aromatic rings. The van der Waals surface area contributed by atoms with Gasteiger partial charge in [-0.15, -0.1) is 0 Å². The average Bonchev–Trinajstić information content (AvgIpc) is 2.38. The Morgan fingerprint density at radius 2 is 1.81 bits per heavy atom. The smallest absolute Gasteiger partial charge is 0.310 e. The minimum Gasteiger partial charge on any atom is -0.490 e. The van der Waals surface area contributed by atoms with E-state index in [2.05, 4.69) is 0 Å². The standard InChI is InChI=1S/C9H9F5OS/c1-6-4-7-5-8(2-3-9(7)15-6)16(10,11,12,13)14/h2-3,5-6H,4H2,1H3. The molecule has 1 atom stereocenters. The van der Waals surface area contributed by atoms with Crippen LogP contribution in [0.5, 0.6) is 5.75 Å². The molecule has 1 aliphatic rings. The van der Waals surface area contributed by atoms with Crippen molar-refractivity contribution in [1.29, 1.82) is 0 Å². The molecule has 0 fully saturated rings. The predicted octanol–water partition coefficient (Wildman–Crippen LogP) is 4.67. The van der Waals surface area contributed by atoms with Gasteiger partial charge in [0.25, 0.3) is 0 Å². The lowest BCUT2D eigenvalue weighted by atomic mass is 10.1. The lowest BCUT2D eigenvalue weighted by Crippen LogP contribution is -2.06. The molecule has 0 aromatic heterocycles. The largest absolute Gasteiger partial charge is 0.490 e. The molecule has 1 nitrogen and oxygen atoms in total. The molecule has 1 aromatic carbocycles. The summed E-state index contributed by atoms with van der Waals surface area (Å²) >= 11 is 0. The molecule has 1 heterocycles. The van der Waals surface area contributed by atoms with Crippen LogP contribution in [0.2, 0.25) is 0 Å². The molecule has 7 heteroatoms. The molecule has 92 valence electrons. The third-order valence-corrected chi connectivity index (χ3v) is 3.46. The number of rotatable bonds is 1. The fourth-order valence-electron chi connectivity index (χ4n) is 1.64. The van der Waals surface area contributed by atoms with Crippen LogP contribution >= 0.6 is 10.2 Å². The van der Waals surface area contributed by atoms with E-state index in [1.807, 2.05) is 0 Å². The minimum absolute atomic E-state index is 0.179. The van der Waals surface area contributed by atoms with Crippen molar-refractivity contribution in [1.82, 2.24) is 0 Å². The first-order valence-corrected chi connectivity index (χ1v) is 6.44. The van der Waals surface area contributed by atoms with Crippen LogP contribution < -0.4 is 4.74 Å². The second-order valence-corrected chi connectivity index (χ2v) is 6.28. The van der Waals surface area contributed by atoms with Crippen LogP contribution in [0, 0.1) is 0 Å². The Hall–Kier alpha value is -0.980. The van der Waals surface area contributed by atoms with Crippen molar-refractivity contribution in [2.45, 2.75) is 24.3 Å². The molecule has 0 bridgehead atoms. The van der Waals surface area contributed by atoms with Gasteiger partial charge in [0.1, 0.15) is 16.7 Å². The summed E-state index contributed by atoms with van der Waals surface area (Å²) in [6.07, 6.45) is -0.0550. The Bertz CT molecular complexity index is 452. The molecule has 0 saturated carbocycles. The monoisotopic (exact) mass is 260 g/mol. The molecule has 0 spiro atoms. The molecule has 0 radical (unpaired) electrons. The maximum absolute atomic E-state index is 12.5. The van der Waals surface area contributed by atoms with Crippen LogP contribution in [0.15, 0.2) is 23.1 Å². The van der Waals surface area contributed by atoms with E-state index in [4.69, 9.17) is 4.74 Å². The van der Waals surface area contributed by atoms with Crippen molar-refractivity contribution < 1.29 is 24.2 Å². The molecule has 0 N–H and O–H groups in total. The fraction of sp³-hybridized carbons (Fsp3) is 0.333. The molecule has 1 aliphatic heterocycles. The van der Waals surface area contributed by atoms with E-state index in [1.54, 1.807) is 6.92 Å². The van der Waals surface area contributed by atoms with E-state index in [1.165, 1.54) is 0 Å². The first-order chi connectivity index (χ1) is 6.95. The maximum atomic E-state index is 12.5. The third kappa shape index (κ3) is 2.09. The van der Waals surface area contributed by atoms with Crippen LogP contribution in [-0.2, 0) is 6.42 Å². The summed E-state index contributed by atoms with van der Waals surface area (Å²) in [6, 6.07) is 1.81. The third-order valence-electron chi connectivity index (χ3n) is 2.31. The highest BCUT2D eigenvalue weighted by molar-refractivity contribution is 8.45. The van der Waals surface area contributed by atoms with Crippen LogP contribution in [0.3, 0.4) is 0 Å². The molecule has 0 aliphatic carbocycles. The van der Waals surface area contributed by atoms with Crippen molar-refractivity contribution in [3.63, 3.8) is 0 Å². The van der Waals surface area contributed by atoms with Gasteiger partial charge in [-0.1, -0.05) is 19.4 Å². The van der Waals surface area contributed by atoms with Gasteiger partial charge >= 0.3 is 10.2 Å². The highest BCUT2D eigenvalue weighted by Crippen LogP contribution is 3.02. The van der Waals surface area contributed by atoms with Crippen LogP contribution in [-0.4, -0.2) is 6.10 Å². The second-order valence-electron chi connectivity index (χ2n) is 3.87. The van der Waals surface area contributed by atoms with Gasteiger partial charge in [-0.2, -0.15) is 0 Å². The van der Waals surface area contributed by atoms with Gasteiger partial charge in [-0.3, -0.25) is 0 Å². The van der Waals surface area contributed by atoms with Crippen LogP contribution in [0.25, 0.3) is 0 Å². The average molecular weight is 260 g/mol. The number of benzene rings is 1. The van der Waals surface area contributed by atoms with Crippen LogP contribution in [0.4, 0.5) is 19.4 Å². The summed E-state index contributed by atoms with van der Waals surface area (Å²) in [4.78, 5) is -1.85. The summed E-state index contributed by atoms with van der Waals surface area (Å²) in [7, 11) is -9.56. The zero-order chi connectivity index (χ0) is 12.3. The van der Waals surface area contributed by atoms with Crippen molar-refractivity contribution in [2.24, 2.45) is 0 Å². The Kier molecular flexibility index (Phi) is 1.78. The maximum Gasteiger partial charge on any atom is 0.310 e. The number of ether oxygens (including phenoxy) is 1. The minimum atomic E-state index is -9.56. The van der Waals surface area contributed by atoms with Crippen LogP contribution in [0.1, 0.15) is 12.5 Å². The molecule has 0 saturated heterocycles. The second kappa shape index (κ2) is 2.47. The number of hydrogen-bond acceptors (Lipinski definition) is 1. The summed E-state index contributed by atoms with van der Waals surface area (Å²) in [5.74, 6) is 0.248. The Labute approximate surface area is 88.9 Å². The summed E-state index contributed by atoms with van der Waals surface area (Å²) in [6.45, 7) is 1.67. The van der Waals surface area contributed by atoms with E-state index in [0.29, 0.717) is 12.1 Å². The Morgan fingerprint density at radius 1 is 1.19 bits per heavy atom. The van der Waals surface area contributed by atoms with E-state index < -0.39 is 15.1 Å². The van der Waals surface area contributed by atoms with Gasteiger partial charge in [0.05, 0.1) is 0 Å². The predicted molar refractivity (Wildman–Crippen MR) is 51.6 cm³/mol. The van der Waals surface area contributed by atoms with Crippen molar-refractivity contribution in [3.8, 4) is 5.75 Å². The van der Waals surface area contributed by atoms with Crippen molar-refractivity contribution in [2.75, 3.05) is 0 Å². The van der Waals surface area contributed by atoms with Gasteiger partial charge in [-0.05, 0) is 30.7 Å². The van der Waals surface area contributed by atoms with Crippen molar-refractivity contribution >= 4 is 10.2 Å². The number of halogens is 5. The lowest BCUT2D eigenvalue weighted by Gasteiger charge is -2.40. The van der Waals surface area contributed by atoms with Gasteiger partial charge in [-0.25, -0.2) is 0 Å². The van der Waals surface area contributed by atoms with E-state index in [0.717, 1.165) is 6.07 Å². The fourth-order valence-corrected chi connectivity index (χ4v) is 2.33. The topological polar surface area (TPSA) is 9.23 Å². The van der Waals surface area contributed by atoms with Gasteiger partial charge in [0, 0.05) is 6.42 Å². The molecule has 1 unspecified atom stereocenters. The first-order valence-electron chi connectivity index (χ1n) is 4.49. The summed E-state index contributed by atoms with van der Waals surface area (Å²) < 4.78 is 67.5. The zero-order valence-corrected chi connectivity index (χ0v) is 9.04. The molecule has 2 rings (SSSR count). The first kappa shape index (κ1) is 11.5. The highest BCUT2D eigenvalue weighted by atomic mass is 32.5. The van der Waals surface area contributed by atoms with E-state index in [-0.39, 0.29) is 23.8 Å². The molecule has 0 amide bonds. The highest BCUT2D eigenvalue weighted by Gasteiger charge is 2.65. The van der Waals surface area contributed by atoms with Crippen molar-refractivity contribution in [3.05, 3.63) is 23.8 Å². The van der Waals surface area contributed by atoms with Gasteiger partial charge in [0.2, 0.25) is 0 Å². The number of hydrogen-bond donors (Lipinski definition) is 0. The number of fused-ring (bicyclic) bond motifs is 1. The van der Waals surface area contributed by atoms with Gasteiger partial charge in [0.15, 0.2) is 0 Å². The van der Waals surface area contributed by atoms with E-state index >= 15 is 0 Å². The Morgan fingerprint density at radius 3 is 2.38 bits per heavy atom. The summed E-state index contributed by atoms with van der Waals surface area (Å²) in [5.41, 5.74) is 0.179.